The van der Waals surface area contributed by atoms with E-state index in [1.165, 1.54) is 19.4 Å². The molecule has 0 bridgehead atoms. The highest BCUT2D eigenvalue weighted by Gasteiger charge is 2.36. The van der Waals surface area contributed by atoms with E-state index < -0.39 is 0 Å². The summed E-state index contributed by atoms with van der Waals surface area (Å²) in [6.07, 6.45) is 2.68. The first-order valence-electron chi connectivity index (χ1n) is 8.04. The van der Waals surface area contributed by atoms with E-state index in [0.717, 1.165) is 30.8 Å². The van der Waals surface area contributed by atoms with Gasteiger partial charge in [-0.3, -0.25) is 4.90 Å². The van der Waals surface area contributed by atoms with Gasteiger partial charge in [0.2, 0.25) is 0 Å². The zero-order valence-electron chi connectivity index (χ0n) is 12.9. The summed E-state index contributed by atoms with van der Waals surface area (Å²) >= 11 is 0. The highest BCUT2D eigenvalue weighted by atomic mass is 19.1. The Morgan fingerprint density at radius 3 is 3.10 bits per heavy atom. The maximum Gasteiger partial charge on any atom is 0.123 e. The van der Waals surface area contributed by atoms with Gasteiger partial charge in [-0.05, 0) is 56.1 Å². The van der Waals surface area contributed by atoms with Crippen molar-refractivity contribution in [1.29, 1.82) is 0 Å². The minimum absolute atomic E-state index is 0.136. The van der Waals surface area contributed by atoms with Crippen molar-refractivity contribution in [1.82, 2.24) is 10.2 Å². The maximum atomic E-state index is 13.4. The van der Waals surface area contributed by atoms with Crippen LogP contribution < -0.4 is 5.32 Å². The molecule has 3 nitrogen and oxygen atoms in total. The fourth-order valence-corrected chi connectivity index (χ4v) is 3.69. The van der Waals surface area contributed by atoms with E-state index in [9.17, 15) is 4.39 Å². The van der Waals surface area contributed by atoms with Crippen LogP contribution in [0.25, 0.3) is 0 Å². The molecule has 3 rings (SSSR count). The standard InChI is InChI=1S/C17H25FN2O/c1-3-19-17(15-7-6-13(18)9-12(15)2)16-10-20-8-4-5-14(20)11-21-16/h6-7,9,14,16-17,19H,3-5,8,10-11H2,1-2H3. The highest BCUT2D eigenvalue weighted by molar-refractivity contribution is 5.30. The first-order valence-corrected chi connectivity index (χ1v) is 8.04. The van der Waals surface area contributed by atoms with Gasteiger partial charge in [-0.2, -0.15) is 0 Å². The summed E-state index contributed by atoms with van der Waals surface area (Å²) in [5.41, 5.74) is 2.15. The number of hydrogen-bond donors (Lipinski definition) is 1. The van der Waals surface area contributed by atoms with Gasteiger partial charge in [0, 0.05) is 12.6 Å². The Kier molecular flexibility index (Phi) is 4.57. The third kappa shape index (κ3) is 3.12. The van der Waals surface area contributed by atoms with Gasteiger partial charge in [-0.25, -0.2) is 4.39 Å². The number of aryl methyl sites for hydroxylation is 1. The van der Waals surface area contributed by atoms with Crippen molar-refractivity contribution in [2.75, 3.05) is 26.2 Å². The molecule has 4 heteroatoms. The number of nitrogens with zero attached hydrogens (tertiary/aromatic N) is 1. The Morgan fingerprint density at radius 1 is 1.48 bits per heavy atom. The smallest absolute Gasteiger partial charge is 0.123 e. The number of ether oxygens (including phenoxy) is 1. The van der Waals surface area contributed by atoms with Gasteiger partial charge in [0.05, 0.1) is 18.8 Å². The number of fused-ring (bicyclic) bond motifs is 1. The zero-order valence-corrected chi connectivity index (χ0v) is 12.9. The predicted octanol–water partition coefficient (Wildman–Crippen LogP) is 2.65. The molecule has 1 N–H and O–H groups in total. The van der Waals surface area contributed by atoms with Crippen LogP contribution in [-0.4, -0.2) is 43.3 Å². The van der Waals surface area contributed by atoms with Gasteiger partial charge >= 0.3 is 0 Å². The number of likely N-dealkylation sites (N-methyl/N-ethyl adjacent to an activating group) is 1. The van der Waals surface area contributed by atoms with Crippen LogP contribution in [0, 0.1) is 12.7 Å². The average molecular weight is 292 g/mol. The Balaban J connectivity index is 1.80. The van der Waals surface area contributed by atoms with Crippen LogP contribution in [0.15, 0.2) is 18.2 Å². The van der Waals surface area contributed by atoms with E-state index >= 15 is 0 Å². The van der Waals surface area contributed by atoms with Crippen molar-refractivity contribution >= 4 is 0 Å². The molecular weight excluding hydrogens is 267 g/mol. The van der Waals surface area contributed by atoms with E-state index in [4.69, 9.17) is 4.74 Å². The lowest BCUT2D eigenvalue weighted by molar-refractivity contribution is -0.0651. The van der Waals surface area contributed by atoms with Crippen LogP contribution in [0.5, 0.6) is 0 Å². The number of morpholine rings is 1. The molecule has 0 amide bonds. The molecule has 116 valence electrons. The van der Waals surface area contributed by atoms with Gasteiger partial charge < -0.3 is 10.1 Å². The molecule has 2 fully saturated rings. The highest BCUT2D eigenvalue weighted by Crippen LogP contribution is 2.30. The molecule has 21 heavy (non-hydrogen) atoms. The lowest BCUT2D eigenvalue weighted by Crippen LogP contribution is -2.50. The normalized spacial score (nSPS) is 27.6. The Bertz CT molecular complexity index is 494. The number of benzene rings is 1. The van der Waals surface area contributed by atoms with Gasteiger partial charge in [-0.1, -0.05) is 13.0 Å². The summed E-state index contributed by atoms with van der Waals surface area (Å²) in [6.45, 7) is 7.94. The third-order valence-electron chi connectivity index (χ3n) is 4.78. The minimum atomic E-state index is -0.171. The maximum absolute atomic E-state index is 13.4. The molecule has 3 atom stereocenters. The molecule has 1 aromatic carbocycles. The van der Waals surface area contributed by atoms with E-state index in [2.05, 4.69) is 17.1 Å². The molecule has 2 saturated heterocycles. The predicted molar refractivity (Wildman–Crippen MR) is 81.9 cm³/mol. The summed E-state index contributed by atoms with van der Waals surface area (Å²) in [6, 6.07) is 5.81. The molecule has 0 radical (unpaired) electrons. The summed E-state index contributed by atoms with van der Waals surface area (Å²) in [5, 5.41) is 3.53. The van der Waals surface area contributed by atoms with Crippen molar-refractivity contribution < 1.29 is 9.13 Å². The van der Waals surface area contributed by atoms with Crippen molar-refractivity contribution in [3.63, 3.8) is 0 Å². The van der Waals surface area contributed by atoms with Gasteiger partial charge in [-0.15, -0.1) is 0 Å². The molecule has 2 aliphatic heterocycles. The van der Waals surface area contributed by atoms with Crippen LogP contribution in [0.2, 0.25) is 0 Å². The zero-order chi connectivity index (χ0) is 14.8. The third-order valence-corrected chi connectivity index (χ3v) is 4.78. The largest absolute Gasteiger partial charge is 0.373 e. The number of halogens is 1. The van der Waals surface area contributed by atoms with Crippen molar-refractivity contribution in [2.45, 2.75) is 44.9 Å². The second-order valence-corrected chi connectivity index (χ2v) is 6.20. The second kappa shape index (κ2) is 6.42. The minimum Gasteiger partial charge on any atom is -0.373 e. The molecule has 0 aliphatic carbocycles. The Morgan fingerprint density at radius 2 is 2.33 bits per heavy atom. The van der Waals surface area contributed by atoms with Gasteiger partial charge in [0.25, 0.3) is 0 Å². The van der Waals surface area contributed by atoms with Crippen molar-refractivity contribution in [3.05, 3.63) is 35.1 Å². The van der Waals surface area contributed by atoms with Crippen LogP contribution in [0.3, 0.4) is 0 Å². The molecule has 1 aromatic rings. The number of hydrogen-bond acceptors (Lipinski definition) is 3. The molecule has 0 saturated carbocycles. The summed E-state index contributed by atoms with van der Waals surface area (Å²) < 4.78 is 19.5. The summed E-state index contributed by atoms with van der Waals surface area (Å²) in [4.78, 5) is 2.55. The fourth-order valence-electron chi connectivity index (χ4n) is 3.69. The molecule has 0 aromatic heterocycles. The summed E-state index contributed by atoms with van der Waals surface area (Å²) in [7, 11) is 0. The lowest BCUT2D eigenvalue weighted by atomic mass is 9.95. The van der Waals surface area contributed by atoms with Gasteiger partial charge in [0.1, 0.15) is 5.82 Å². The van der Waals surface area contributed by atoms with Crippen LogP contribution in [0.4, 0.5) is 4.39 Å². The summed E-state index contributed by atoms with van der Waals surface area (Å²) in [5.74, 6) is -0.171. The monoisotopic (exact) mass is 292 g/mol. The number of nitrogens with one attached hydrogen (secondary N) is 1. The van der Waals surface area contributed by atoms with Crippen LogP contribution in [-0.2, 0) is 4.74 Å². The Labute approximate surface area is 126 Å². The van der Waals surface area contributed by atoms with Crippen molar-refractivity contribution in [2.24, 2.45) is 0 Å². The molecule has 0 spiro atoms. The van der Waals surface area contributed by atoms with Crippen LogP contribution in [0.1, 0.15) is 36.9 Å². The average Bonchev–Trinajstić information content (AvgIpc) is 2.93. The molecule has 2 heterocycles. The van der Waals surface area contributed by atoms with E-state index in [-0.39, 0.29) is 18.0 Å². The molecule has 3 unspecified atom stereocenters. The first kappa shape index (κ1) is 14.9. The quantitative estimate of drug-likeness (QED) is 0.923. The number of rotatable bonds is 4. The van der Waals surface area contributed by atoms with Gasteiger partial charge in [0.15, 0.2) is 0 Å². The van der Waals surface area contributed by atoms with Crippen molar-refractivity contribution in [3.8, 4) is 0 Å². The van der Waals surface area contributed by atoms with E-state index in [0.29, 0.717) is 6.04 Å². The van der Waals surface area contributed by atoms with Crippen LogP contribution >= 0.6 is 0 Å². The first-order chi connectivity index (χ1) is 10.2. The lowest BCUT2D eigenvalue weighted by Gasteiger charge is -2.39. The molecular formula is C17H25FN2O. The van der Waals surface area contributed by atoms with E-state index in [1.54, 1.807) is 12.1 Å². The molecule has 2 aliphatic rings. The topological polar surface area (TPSA) is 24.5 Å². The Hall–Kier alpha value is -0.970. The SMILES string of the molecule is CCNC(c1ccc(F)cc1C)C1CN2CCCC2CO1. The second-order valence-electron chi connectivity index (χ2n) is 6.20. The fraction of sp³-hybridized carbons (Fsp3) is 0.647. The van der Waals surface area contributed by atoms with E-state index in [1.807, 2.05) is 13.0 Å².